The largest absolute Gasteiger partial charge is 0.494 e. The summed E-state index contributed by atoms with van der Waals surface area (Å²) < 4.78 is 26.7. The Morgan fingerprint density at radius 1 is 0.469 bits per heavy atom. The molecule has 0 amide bonds. The third-order valence-electron chi connectivity index (χ3n) is 13.3. The number of rotatable bonds is 14. The average Bonchev–Trinajstić information content (AvgIpc) is 3.38. The molecule has 2 aromatic carbocycles. The highest BCUT2D eigenvalue weighted by Crippen LogP contribution is 2.56. The van der Waals surface area contributed by atoms with Crippen molar-refractivity contribution in [2.24, 2.45) is 0 Å². The number of fused-ring (bicyclic) bond motifs is 3. The molecule has 2 heterocycles. The topological polar surface area (TPSA) is 36.9 Å². The predicted molar refractivity (Wildman–Crippen MR) is 209 cm³/mol. The van der Waals surface area contributed by atoms with E-state index in [4.69, 9.17) is 18.6 Å². The summed E-state index contributed by atoms with van der Waals surface area (Å²) in [5, 5.41) is 0. The van der Waals surface area contributed by atoms with Gasteiger partial charge in [-0.05, 0) is 132 Å². The molecule has 0 aromatic heterocycles. The molecule has 49 heavy (non-hydrogen) atoms. The molecule has 0 N–H and O–H groups in total. The zero-order valence-corrected chi connectivity index (χ0v) is 33.4. The van der Waals surface area contributed by atoms with Gasteiger partial charge in [0.25, 0.3) is 0 Å². The summed E-state index contributed by atoms with van der Waals surface area (Å²) in [4.78, 5) is 0. The molecule has 270 valence electrons. The second-order valence-electron chi connectivity index (χ2n) is 17.9. The van der Waals surface area contributed by atoms with Gasteiger partial charge in [-0.3, -0.25) is 0 Å². The van der Waals surface area contributed by atoms with Crippen molar-refractivity contribution in [3.8, 4) is 11.1 Å². The van der Waals surface area contributed by atoms with Gasteiger partial charge in [0.1, 0.15) is 0 Å². The first-order valence-corrected chi connectivity index (χ1v) is 20.0. The highest BCUT2D eigenvalue weighted by atomic mass is 16.7. The van der Waals surface area contributed by atoms with Gasteiger partial charge in [-0.1, -0.05) is 115 Å². The average molecular weight is 671 g/mol. The number of hydrogen-bond donors (Lipinski definition) is 0. The molecular weight excluding hydrogens is 602 g/mol. The maximum atomic E-state index is 6.68. The summed E-state index contributed by atoms with van der Waals surface area (Å²) in [6.45, 7) is 26.7. The van der Waals surface area contributed by atoms with Gasteiger partial charge in [0, 0.05) is 0 Å². The van der Waals surface area contributed by atoms with Crippen LogP contribution in [0, 0.1) is 0 Å². The zero-order valence-electron chi connectivity index (χ0n) is 33.4. The Balaban J connectivity index is 1.77. The summed E-state index contributed by atoms with van der Waals surface area (Å²) in [6, 6.07) is 14.5. The summed E-state index contributed by atoms with van der Waals surface area (Å²) in [5.74, 6) is 0. The van der Waals surface area contributed by atoms with Crippen LogP contribution in [0.4, 0.5) is 0 Å². The van der Waals surface area contributed by atoms with Crippen LogP contribution in [0.25, 0.3) is 11.1 Å². The number of unbranched alkanes of at least 4 members (excludes halogenated alkanes) is 4. The van der Waals surface area contributed by atoms with E-state index < -0.39 is 0 Å². The molecule has 6 heteroatoms. The Hall–Kier alpha value is -1.59. The molecule has 0 radical (unpaired) electrons. The Morgan fingerprint density at radius 3 is 1.02 bits per heavy atom. The molecule has 0 spiro atoms. The summed E-state index contributed by atoms with van der Waals surface area (Å²) >= 11 is 0. The second kappa shape index (κ2) is 14.4. The van der Waals surface area contributed by atoms with E-state index in [2.05, 4.69) is 119 Å². The third kappa shape index (κ3) is 7.24. The molecule has 0 atom stereocenters. The lowest BCUT2D eigenvalue weighted by Gasteiger charge is -2.44. The standard InChI is InChI=1S/C43H68B2O4/c1-13-17-25-42(26-18-14-2)31-43(27-19-15-3,28-20-16-4)37-30-33(45-48-40(9,10)41(11,12)49-45)22-24-35(37)34-23-21-32(29-36(34)42)44-46-38(5,6)39(7,8)47-44/h21-24,29-30H,13-20,25-28,31H2,1-12H3. The molecular formula is C43H68B2O4. The van der Waals surface area contributed by atoms with Crippen LogP contribution in [0.3, 0.4) is 0 Å². The molecule has 4 nitrogen and oxygen atoms in total. The highest BCUT2D eigenvalue weighted by molar-refractivity contribution is 6.62. The first-order valence-electron chi connectivity index (χ1n) is 20.0. The van der Waals surface area contributed by atoms with E-state index in [-0.39, 0.29) is 47.5 Å². The van der Waals surface area contributed by atoms with Gasteiger partial charge in [0.2, 0.25) is 0 Å². The zero-order chi connectivity index (χ0) is 35.9. The number of benzene rings is 2. The molecule has 1 aliphatic carbocycles. The van der Waals surface area contributed by atoms with Crippen molar-refractivity contribution >= 4 is 25.2 Å². The van der Waals surface area contributed by atoms with Gasteiger partial charge < -0.3 is 18.6 Å². The van der Waals surface area contributed by atoms with E-state index in [0.29, 0.717) is 0 Å². The van der Waals surface area contributed by atoms with Gasteiger partial charge >= 0.3 is 14.2 Å². The molecule has 0 bridgehead atoms. The van der Waals surface area contributed by atoms with E-state index in [1.807, 2.05) is 0 Å². The van der Waals surface area contributed by atoms with Crippen LogP contribution in [0.15, 0.2) is 36.4 Å². The SMILES string of the molecule is CCCCC1(CCCC)CC(CCCC)(CCCC)c2cc(B3OC(C)(C)C(C)(C)O3)ccc2-c2ccc(B3OC(C)(C)C(C)(C)O3)cc21. The van der Waals surface area contributed by atoms with Gasteiger partial charge in [0.05, 0.1) is 22.4 Å². The monoisotopic (exact) mass is 671 g/mol. The molecule has 0 unspecified atom stereocenters. The van der Waals surface area contributed by atoms with Crippen molar-refractivity contribution in [1.82, 2.24) is 0 Å². The minimum atomic E-state index is -0.377. The van der Waals surface area contributed by atoms with Crippen molar-refractivity contribution in [3.05, 3.63) is 47.5 Å². The smallest absolute Gasteiger partial charge is 0.399 e. The van der Waals surface area contributed by atoms with Crippen molar-refractivity contribution in [2.75, 3.05) is 0 Å². The Kier molecular flexibility index (Phi) is 11.4. The fraction of sp³-hybridized carbons (Fsp3) is 0.721. The van der Waals surface area contributed by atoms with Crippen molar-refractivity contribution in [2.45, 2.75) is 200 Å². The minimum Gasteiger partial charge on any atom is -0.399 e. The van der Waals surface area contributed by atoms with Crippen molar-refractivity contribution in [3.63, 3.8) is 0 Å². The molecule has 2 saturated heterocycles. The van der Waals surface area contributed by atoms with Gasteiger partial charge in [-0.25, -0.2) is 0 Å². The second-order valence-corrected chi connectivity index (χ2v) is 17.9. The molecule has 5 rings (SSSR count). The van der Waals surface area contributed by atoms with Crippen LogP contribution in [-0.4, -0.2) is 36.6 Å². The molecule has 0 saturated carbocycles. The summed E-state index contributed by atoms with van der Waals surface area (Å²) in [7, 11) is -0.743. The molecule has 2 aliphatic heterocycles. The van der Waals surface area contributed by atoms with E-state index in [9.17, 15) is 0 Å². The van der Waals surface area contributed by atoms with E-state index in [1.54, 1.807) is 0 Å². The lowest BCUT2D eigenvalue weighted by atomic mass is 9.59. The van der Waals surface area contributed by atoms with E-state index in [1.165, 1.54) is 106 Å². The number of hydrogen-bond acceptors (Lipinski definition) is 4. The fourth-order valence-electron chi connectivity index (χ4n) is 8.76. The first-order chi connectivity index (χ1) is 23.0. The first kappa shape index (κ1) is 38.6. The highest BCUT2D eigenvalue weighted by Gasteiger charge is 2.54. The van der Waals surface area contributed by atoms with Crippen LogP contribution in [0.5, 0.6) is 0 Å². The lowest BCUT2D eigenvalue weighted by Crippen LogP contribution is -2.41. The van der Waals surface area contributed by atoms with E-state index >= 15 is 0 Å². The normalized spacial score (nSPS) is 22.5. The molecule has 2 aromatic rings. The Labute approximate surface area is 301 Å². The van der Waals surface area contributed by atoms with Crippen molar-refractivity contribution < 1.29 is 18.6 Å². The fourth-order valence-corrected chi connectivity index (χ4v) is 8.76. The van der Waals surface area contributed by atoms with Crippen LogP contribution in [0.2, 0.25) is 0 Å². The molecule has 3 aliphatic rings. The van der Waals surface area contributed by atoms with Crippen molar-refractivity contribution in [1.29, 1.82) is 0 Å². The van der Waals surface area contributed by atoms with Gasteiger partial charge in [-0.2, -0.15) is 0 Å². The maximum Gasteiger partial charge on any atom is 0.494 e. The Bertz CT molecular complexity index is 1290. The minimum absolute atomic E-state index is 0.0615. The maximum absolute atomic E-state index is 6.68. The predicted octanol–water partition coefficient (Wildman–Crippen LogP) is 10.6. The third-order valence-corrected chi connectivity index (χ3v) is 13.3. The quantitative estimate of drug-likeness (QED) is 0.188. The van der Waals surface area contributed by atoms with Crippen LogP contribution < -0.4 is 10.9 Å². The van der Waals surface area contributed by atoms with Crippen LogP contribution in [-0.2, 0) is 29.4 Å². The lowest BCUT2D eigenvalue weighted by molar-refractivity contribution is 0.00578. The Morgan fingerprint density at radius 2 is 0.755 bits per heavy atom. The van der Waals surface area contributed by atoms with Crippen LogP contribution >= 0.6 is 0 Å². The molecule has 2 fully saturated rings. The van der Waals surface area contributed by atoms with Gasteiger partial charge in [0.15, 0.2) is 0 Å². The van der Waals surface area contributed by atoms with E-state index in [0.717, 1.165) is 10.9 Å². The summed E-state index contributed by atoms with van der Waals surface area (Å²) in [6.07, 6.45) is 15.8. The summed E-state index contributed by atoms with van der Waals surface area (Å²) in [5.41, 5.74) is 6.75. The van der Waals surface area contributed by atoms with Gasteiger partial charge in [-0.15, -0.1) is 0 Å². The van der Waals surface area contributed by atoms with Crippen LogP contribution in [0.1, 0.15) is 178 Å².